The van der Waals surface area contributed by atoms with Crippen LogP contribution in [0.2, 0.25) is 0 Å². The Morgan fingerprint density at radius 1 is 1.17 bits per heavy atom. The lowest BCUT2D eigenvalue weighted by atomic mass is 10.1. The molecule has 124 valence electrons. The van der Waals surface area contributed by atoms with Crippen LogP contribution in [-0.4, -0.2) is 18.1 Å². The van der Waals surface area contributed by atoms with E-state index in [1.807, 2.05) is 24.1 Å². The minimum absolute atomic E-state index is 0.278. The first-order chi connectivity index (χ1) is 10.9. The normalized spacial score (nSPS) is 15.7. The van der Waals surface area contributed by atoms with Gasteiger partial charge in [0.1, 0.15) is 0 Å². The molecule has 0 amide bonds. The van der Waals surface area contributed by atoms with Crippen LogP contribution in [0.15, 0.2) is 23.6 Å². The average Bonchev–Trinajstić information content (AvgIpc) is 3.17. The molecule has 1 aromatic heterocycles. The van der Waals surface area contributed by atoms with Crippen LogP contribution in [0, 0.1) is 0 Å². The van der Waals surface area contributed by atoms with Gasteiger partial charge in [-0.1, -0.05) is 19.9 Å². The van der Waals surface area contributed by atoms with Gasteiger partial charge in [0.05, 0.1) is 16.3 Å². The third kappa shape index (κ3) is 3.37. The summed E-state index contributed by atoms with van der Waals surface area (Å²) in [5, 5.41) is 2.78. The molecule has 1 aliphatic heterocycles. The zero-order valence-corrected chi connectivity index (χ0v) is 14.0. The van der Waals surface area contributed by atoms with Crippen LogP contribution >= 0.6 is 11.3 Å². The number of benzene rings is 1. The molecular formula is C17H19F3N2S. The Bertz CT molecular complexity index is 685. The molecule has 6 heteroatoms. The van der Waals surface area contributed by atoms with Gasteiger partial charge in [-0.3, -0.25) is 0 Å². The third-order valence-corrected chi connectivity index (χ3v) is 5.21. The number of hydrogen-bond donors (Lipinski definition) is 0. The van der Waals surface area contributed by atoms with Crippen LogP contribution in [0.4, 0.5) is 18.9 Å². The minimum atomic E-state index is -4.36. The summed E-state index contributed by atoms with van der Waals surface area (Å²) in [5.74, 6) is 0.278. The molecular weight excluding hydrogens is 321 g/mol. The number of rotatable bonds is 3. The summed E-state index contributed by atoms with van der Waals surface area (Å²) >= 11 is 1.49. The van der Waals surface area contributed by atoms with E-state index in [1.54, 1.807) is 12.1 Å². The van der Waals surface area contributed by atoms with Gasteiger partial charge in [0.25, 0.3) is 0 Å². The maximum atomic E-state index is 13.5. The molecule has 2 aromatic rings. The number of alkyl halides is 3. The second-order valence-corrected chi connectivity index (χ2v) is 7.04. The molecule has 0 bridgehead atoms. The van der Waals surface area contributed by atoms with Crippen LogP contribution in [0.5, 0.6) is 0 Å². The average molecular weight is 340 g/mol. The predicted octanol–water partition coefficient (Wildman–Crippen LogP) is 5.55. The molecule has 23 heavy (non-hydrogen) atoms. The highest BCUT2D eigenvalue weighted by Crippen LogP contribution is 2.40. The summed E-state index contributed by atoms with van der Waals surface area (Å²) < 4.78 is 40.5. The summed E-state index contributed by atoms with van der Waals surface area (Å²) in [5.41, 5.74) is 0.884. The summed E-state index contributed by atoms with van der Waals surface area (Å²) in [7, 11) is 0. The Morgan fingerprint density at radius 3 is 2.43 bits per heavy atom. The topological polar surface area (TPSA) is 16.1 Å². The van der Waals surface area contributed by atoms with Crippen LogP contribution in [0.3, 0.4) is 0 Å². The van der Waals surface area contributed by atoms with Crippen LogP contribution in [-0.2, 0) is 6.18 Å². The Balaban J connectivity index is 2.02. The highest BCUT2D eigenvalue weighted by atomic mass is 32.1. The van der Waals surface area contributed by atoms with Crippen molar-refractivity contribution in [3.63, 3.8) is 0 Å². The molecule has 0 unspecified atom stereocenters. The van der Waals surface area contributed by atoms with Gasteiger partial charge in [-0.2, -0.15) is 13.2 Å². The molecule has 0 aliphatic carbocycles. The van der Waals surface area contributed by atoms with E-state index in [0.717, 1.165) is 17.8 Å². The van der Waals surface area contributed by atoms with Gasteiger partial charge in [0.15, 0.2) is 0 Å². The van der Waals surface area contributed by atoms with Crippen molar-refractivity contribution in [3.8, 4) is 11.3 Å². The van der Waals surface area contributed by atoms with E-state index in [2.05, 4.69) is 4.98 Å². The fraction of sp³-hybridized carbons (Fsp3) is 0.471. The van der Waals surface area contributed by atoms with Gasteiger partial charge in [0, 0.05) is 35.6 Å². The van der Waals surface area contributed by atoms with E-state index < -0.39 is 11.7 Å². The fourth-order valence-corrected chi connectivity index (χ4v) is 3.69. The van der Waals surface area contributed by atoms with E-state index in [-0.39, 0.29) is 11.6 Å². The smallest absolute Gasteiger partial charge is 0.371 e. The zero-order chi connectivity index (χ0) is 16.6. The van der Waals surface area contributed by atoms with E-state index >= 15 is 0 Å². The highest BCUT2D eigenvalue weighted by Gasteiger charge is 2.36. The lowest BCUT2D eigenvalue weighted by Gasteiger charge is -2.23. The molecule has 0 N–H and O–H groups in total. The molecule has 0 radical (unpaired) electrons. The van der Waals surface area contributed by atoms with Crippen molar-refractivity contribution in [1.29, 1.82) is 0 Å². The predicted molar refractivity (Wildman–Crippen MR) is 88.1 cm³/mol. The van der Waals surface area contributed by atoms with Gasteiger partial charge in [-0.05, 0) is 25.0 Å². The quantitative estimate of drug-likeness (QED) is 0.728. The summed E-state index contributed by atoms with van der Waals surface area (Å²) in [6.45, 7) is 5.44. The summed E-state index contributed by atoms with van der Waals surface area (Å²) in [4.78, 5) is 6.29. The Kier molecular flexibility index (Phi) is 4.36. The summed E-state index contributed by atoms with van der Waals surface area (Å²) in [6.07, 6.45) is -2.46. The number of halogens is 3. The number of aromatic nitrogens is 1. The molecule has 1 fully saturated rings. The van der Waals surface area contributed by atoms with E-state index in [4.69, 9.17) is 0 Å². The molecule has 0 spiro atoms. The maximum absolute atomic E-state index is 13.5. The molecule has 1 saturated heterocycles. The SMILES string of the molecule is CC(C)c1nc(-c2ccc(N3CCCC3)c(C(F)(F)F)c2)cs1. The van der Waals surface area contributed by atoms with Crippen molar-refractivity contribution < 1.29 is 13.2 Å². The number of thiazole rings is 1. The van der Waals surface area contributed by atoms with Crippen molar-refractivity contribution in [3.05, 3.63) is 34.2 Å². The largest absolute Gasteiger partial charge is 0.418 e. The second-order valence-electron chi connectivity index (χ2n) is 6.15. The van der Waals surface area contributed by atoms with Gasteiger partial charge < -0.3 is 4.90 Å². The highest BCUT2D eigenvalue weighted by molar-refractivity contribution is 7.10. The monoisotopic (exact) mass is 340 g/mol. The molecule has 0 atom stereocenters. The fourth-order valence-electron chi connectivity index (χ4n) is 2.84. The first-order valence-corrected chi connectivity index (χ1v) is 8.66. The molecule has 0 saturated carbocycles. The van der Waals surface area contributed by atoms with Gasteiger partial charge in [-0.15, -0.1) is 11.3 Å². The molecule has 1 aliphatic rings. The number of hydrogen-bond acceptors (Lipinski definition) is 3. The lowest BCUT2D eigenvalue weighted by molar-refractivity contribution is -0.137. The Hall–Kier alpha value is -1.56. The van der Waals surface area contributed by atoms with Crippen molar-refractivity contribution in [1.82, 2.24) is 4.98 Å². The molecule has 2 nitrogen and oxygen atoms in total. The summed E-state index contributed by atoms with van der Waals surface area (Å²) in [6, 6.07) is 4.59. The molecule has 3 rings (SSSR count). The molecule has 1 aromatic carbocycles. The maximum Gasteiger partial charge on any atom is 0.418 e. The third-order valence-electron chi connectivity index (χ3n) is 4.06. The first kappa shape index (κ1) is 16.3. The first-order valence-electron chi connectivity index (χ1n) is 7.78. The van der Waals surface area contributed by atoms with Crippen molar-refractivity contribution >= 4 is 17.0 Å². The van der Waals surface area contributed by atoms with Gasteiger partial charge in [0.2, 0.25) is 0 Å². The van der Waals surface area contributed by atoms with Gasteiger partial charge >= 0.3 is 6.18 Å². The van der Waals surface area contributed by atoms with Crippen LogP contribution < -0.4 is 4.90 Å². The second kappa shape index (κ2) is 6.15. The lowest BCUT2D eigenvalue weighted by Crippen LogP contribution is -2.22. The van der Waals surface area contributed by atoms with Crippen molar-refractivity contribution in [2.75, 3.05) is 18.0 Å². The minimum Gasteiger partial charge on any atom is -0.371 e. The Labute approximate surface area is 138 Å². The number of nitrogens with zero attached hydrogens (tertiary/aromatic N) is 2. The van der Waals surface area contributed by atoms with E-state index in [0.29, 0.717) is 24.3 Å². The zero-order valence-electron chi connectivity index (χ0n) is 13.2. The standard InChI is InChI=1S/C17H19F3N2S/c1-11(2)16-21-14(10-23-16)12-5-6-15(22-7-3-4-8-22)13(9-12)17(18,19)20/h5-6,9-11H,3-4,7-8H2,1-2H3. The number of anilines is 1. The van der Waals surface area contributed by atoms with Crippen molar-refractivity contribution in [2.45, 2.75) is 38.8 Å². The van der Waals surface area contributed by atoms with Crippen LogP contribution in [0.1, 0.15) is 43.2 Å². The van der Waals surface area contributed by atoms with Crippen LogP contribution in [0.25, 0.3) is 11.3 Å². The van der Waals surface area contributed by atoms with Crippen molar-refractivity contribution in [2.24, 2.45) is 0 Å². The van der Waals surface area contributed by atoms with E-state index in [1.165, 1.54) is 17.4 Å². The Morgan fingerprint density at radius 2 is 1.87 bits per heavy atom. The van der Waals surface area contributed by atoms with E-state index in [9.17, 15) is 13.2 Å². The van der Waals surface area contributed by atoms with Gasteiger partial charge in [-0.25, -0.2) is 4.98 Å². The molecule has 2 heterocycles.